The summed E-state index contributed by atoms with van der Waals surface area (Å²) in [5.74, 6) is -1.19. The van der Waals surface area contributed by atoms with Gasteiger partial charge in [0.1, 0.15) is 24.2 Å². The maximum Gasteiger partial charge on any atom is 0.244 e. The fraction of sp³-hybridized carbons (Fsp3) is 0.417. The molecule has 0 aliphatic carbocycles. The van der Waals surface area contributed by atoms with Crippen molar-refractivity contribution in [1.29, 1.82) is 0 Å². The molecular weight excluding hydrogens is 461 g/mol. The van der Waals surface area contributed by atoms with E-state index in [1.54, 1.807) is 31.2 Å². The molecule has 0 heterocycles. The number of carbonyl (C=O) groups excluding carboxylic acids is 2. The van der Waals surface area contributed by atoms with Gasteiger partial charge in [0.2, 0.25) is 21.8 Å². The van der Waals surface area contributed by atoms with E-state index in [-0.39, 0.29) is 24.2 Å². The molecule has 2 aromatic rings. The van der Waals surface area contributed by atoms with Crippen molar-refractivity contribution < 1.29 is 27.1 Å². The van der Waals surface area contributed by atoms with Gasteiger partial charge in [-0.25, -0.2) is 12.8 Å². The number of carbonyl (C=O) groups is 2. The van der Waals surface area contributed by atoms with Crippen molar-refractivity contribution in [2.75, 3.05) is 24.2 Å². The minimum absolute atomic E-state index is 0.0366. The smallest absolute Gasteiger partial charge is 0.244 e. The Morgan fingerprint density at radius 2 is 1.79 bits per heavy atom. The molecule has 0 bridgehead atoms. The predicted octanol–water partition coefficient (Wildman–Crippen LogP) is 2.93. The second kappa shape index (κ2) is 11.8. The molecule has 0 spiro atoms. The lowest BCUT2D eigenvalue weighted by Crippen LogP contribution is -2.53. The van der Waals surface area contributed by atoms with Crippen molar-refractivity contribution in [3.8, 4) is 5.75 Å². The topological polar surface area (TPSA) is 96.0 Å². The molecule has 186 valence electrons. The number of nitrogens with one attached hydrogen (secondary N) is 1. The van der Waals surface area contributed by atoms with Gasteiger partial charge in [0.15, 0.2) is 0 Å². The van der Waals surface area contributed by atoms with Gasteiger partial charge in [0.25, 0.3) is 0 Å². The predicted molar refractivity (Wildman–Crippen MR) is 129 cm³/mol. The Labute approximate surface area is 200 Å². The van der Waals surface area contributed by atoms with Crippen molar-refractivity contribution >= 4 is 27.5 Å². The lowest BCUT2D eigenvalue weighted by atomic mass is 10.1. The summed E-state index contributed by atoms with van der Waals surface area (Å²) >= 11 is 0. The van der Waals surface area contributed by atoms with Crippen LogP contribution in [0.25, 0.3) is 0 Å². The van der Waals surface area contributed by atoms with Crippen LogP contribution in [0.5, 0.6) is 5.75 Å². The number of para-hydroxylation sites is 1. The molecule has 0 fully saturated rings. The number of anilines is 1. The molecule has 0 radical (unpaired) electrons. The van der Waals surface area contributed by atoms with E-state index in [2.05, 4.69) is 5.32 Å². The largest absolute Gasteiger partial charge is 0.497 e. The summed E-state index contributed by atoms with van der Waals surface area (Å²) in [5, 5.41) is 2.81. The van der Waals surface area contributed by atoms with E-state index in [4.69, 9.17) is 4.74 Å². The Morgan fingerprint density at radius 3 is 2.35 bits per heavy atom. The minimum atomic E-state index is -4.00. The molecule has 34 heavy (non-hydrogen) atoms. The Bertz CT molecular complexity index is 1110. The Balaban J connectivity index is 2.47. The van der Waals surface area contributed by atoms with Crippen LogP contribution in [0.2, 0.25) is 0 Å². The fourth-order valence-electron chi connectivity index (χ4n) is 3.52. The number of amides is 2. The number of ether oxygens (including phenoxy) is 1. The number of benzene rings is 2. The number of methoxy groups -OCH3 is 1. The fourth-order valence-corrected chi connectivity index (χ4v) is 4.37. The van der Waals surface area contributed by atoms with Gasteiger partial charge in [-0.3, -0.25) is 13.9 Å². The molecule has 0 saturated carbocycles. The number of halogens is 1. The molecular formula is C24H32FN3O5S. The maximum atomic E-state index is 14.4. The van der Waals surface area contributed by atoms with E-state index in [0.717, 1.165) is 16.6 Å². The highest BCUT2D eigenvalue weighted by molar-refractivity contribution is 7.92. The maximum absolute atomic E-state index is 14.4. The Kier molecular flexibility index (Phi) is 9.43. The first-order valence-electron chi connectivity index (χ1n) is 10.9. The SMILES string of the molecule is CC[C@@H](C(=O)NC(C)C)N(Cc1cccc(OC)c1)C(=O)CN(c1ccccc1F)S(C)(=O)=O. The van der Waals surface area contributed by atoms with Gasteiger partial charge in [0, 0.05) is 12.6 Å². The molecule has 1 atom stereocenters. The van der Waals surface area contributed by atoms with Crippen molar-refractivity contribution in [2.24, 2.45) is 0 Å². The quantitative estimate of drug-likeness (QED) is 0.519. The van der Waals surface area contributed by atoms with Crippen LogP contribution in [0.4, 0.5) is 10.1 Å². The molecule has 0 saturated heterocycles. The Hall–Kier alpha value is -3.14. The number of sulfonamides is 1. The summed E-state index contributed by atoms with van der Waals surface area (Å²) in [4.78, 5) is 27.8. The van der Waals surface area contributed by atoms with Crippen LogP contribution in [0.3, 0.4) is 0 Å². The van der Waals surface area contributed by atoms with Gasteiger partial charge in [-0.1, -0.05) is 31.2 Å². The van der Waals surface area contributed by atoms with Gasteiger partial charge in [-0.05, 0) is 50.1 Å². The highest BCUT2D eigenvalue weighted by atomic mass is 32.2. The van der Waals surface area contributed by atoms with Crippen molar-refractivity contribution in [3.05, 3.63) is 59.9 Å². The van der Waals surface area contributed by atoms with Crippen LogP contribution in [-0.2, 0) is 26.2 Å². The Morgan fingerprint density at radius 1 is 1.12 bits per heavy atom. The van der Waals surface area contributed by atoms with E-state index in [0.29, 0.717) is 17.7 Å². The van der Waals surface area contributed by atoms with Gasteiger partial charge < -0.3 is 15.0 Å². The first-order chi connectivity index (χ1) is 16.0. The van der Waals surface area contributed by atoms with Gasteiger partial charge in [-0.15, -0.1) is 0 Å². The molecule has 2 rings (SSSR count). The number of hydrogen-bond donors (Lipinski definition) is 1. The van der Waals surface area contributed by atoms with Crippen molar-refractivity contribution in [2.45, 2.75) is 45.8 Å². The van der Waals surface area contributed by atoms with E-state index in [1.165, 1.54) is 30.2 Å². The second-order valence-electron chi connectivity index (χ2n) is 8.18. The number of rotatable bonds is 11. The van der Waals surface area contributed by atoms with Gasteiger partial charge in [-0.2, -0.15) is 0 Å². The molecule has 1 N–H and O–H groups in total. The van der Waals surface area contributed by atoms with E-state index >= 15 is 0 Å². The lowest BCUT2D eigenvalue weighted by molar-refractivity contribution is -0.140. The molecule has 8 nitrogen and oxygen atoms in total. The van der Waals surface area contributed by atoms with Crippen molar-refractivity contribution in [1.82, 2.24) is 10.2 Å². The summed E-state index contributed by atoms with van der Waals surface area (Å²) in [6.07, 6.45) is 1.20. The second-order valence-corrected chi connectivity index (χ2v) is 10.1. The number of hydrogen-bond acceptors (Lipinski definition) is 5. The van der Waals surface area contributed by atoms with Crippen LogP contribution in [0.15, 0.2) is 48.5 Å². The van der Waals surface area contributed by atoms with Crippen LogP contribution >= 0.6 is 0 Å². The highest BCUT2D eigenvalue weighted by Gasteiger charge is 2.32. The van der Waals surface area contributed by atoms with Crippen LogP contribution in [0.1, 0.15) is 32.8 Å². The summed E-state index contributed by atoms with van der Waals surface area (Å²) in [6, 6.07) is 11.3. The molecule has 0 aromatic heterocycles. The van der Waals surface area contributed by atoms with Crippen LogP contribution < -0.4 is 14.4 Å². The molecule has 0 aliphatic rings. The molecule has 0 unspecified atom stereocenters. The van der Waals surface area contributed by atoms with Crippen LogP contribution in [-0.4, -0.2) is 57.1 Å². The zero-order valence-corrected chi connectivity index (χ0v) is 20.9. The van der Waals surface area contributed by atoms with Crippen molar-refractivity contribution in [3.63, 3.8) is 0 Å². The molecule has 2 aromatic carbocycles. The third-order valence-corrected chi connectivity index (χ3v) is 6.23. The standard InChI is InChI=1S/C24H32FN3O5S/c1-6-21(24(30)26-17(2)3)27(15-18-10-9-11-19(14-18)33-4)23(29)16-28(34(5,31)32)22-13-8-7-12-20(22)25/h7-14,17,21H,6,15-16H2,1-5H3,(H,26,30)/t21-/m0/s1. The van der Waals surface area contributed by atoms with E-state index in [1.807, 2.05) is 13.8 Å². The minimum Gasteiger partial charge on any atom is -0.497 e. The summed E-state index contributed by atoms with van der Waals surface area (Å²) in [5.41, 5.74) is 0.458. The summed E-state index contributed by atoms with van der Waals surface area (Å²) in [6.45, 7) is 4.76. The lowest BCUT2D eigenvalue weighted by Gasteiger charge is -2.33. The molecule has 10 heteroatoms. The van der Waals surface area contributed by atoms with Gasteiger partial charge in [0.05, 0.1) is 19.1 Å². The normalized spacial score (nSPS) is 12.2. The summed E-state index contributed by atoms with van der Waals surface area (Å²) < 4.78 is 45.4. The van der Waals surface area contributed by atoms with Gasteiger partial charge >= 0.3 is 0 Å². The highest BCUT2D eigenvalue weighted by Crippen LogP contribution is 2.23. The number of nitrogens with zero attached hydrogens (tertiary/aromatic N) is 2. The summed E-state index contributed by atoms with van der Waals surface area (Å²) in [7, 11) is -2.48. The monoisotopic (exact) mass is 493 g/mol. The van der Waals surface area contributed by atoms with E-state index in [9.17, 15) is 22.4 Å². The first-order valence-corrected chi connectivity index (χ1v) is 12.8. The third kappa shape index (κ3) is 7.18. The third-order valence-electron chi connectivity index (χ3n) is 5.10. The molecule has 2 amide bonds. The van der Waals surface area contributed by atoms with Crippen LogP contribution in [0, 0.1) is 5.82 Å². The zero-order chi connectivity index (χ0) is 25.5. The first kappa shape index (κ1) is 27.1. The molecule has 0 aliphatic heterocycles. The zero-order valence-electron chi connectivity index (χ0n) is 20.1. The average molecular weight is 494 g/mol. The average Bonchev–Trinajstić information content (AvgIpc) is 2.76. The van der Waals surface area contributed by atoms with E-state index < -0.39 is 34.3 Å².